The zero-order valence-electron chi connectivity index (χ0n) is 8.95. The summed E-state index contributed by atoms with van der Waals surface area (Å²) in [7, 11) is 0. The Kier molecular flexibility index (Phi) is 3.31. The summed E-state index contributed by atoms with van der Waals surface area (Å²) in [6, 6.07) is 0.267. The molecule has 1 aliphatic rings. The van der Waals surface area contributed by atoms with Crippen molar-refractivity contribution in [2.24, 2.45) is 22.6 Å². The van der Waals surface area contributed by atoms with Crippen molar-refractivity contribution in [2.45, 2.75) is 39.8 Å². The fraction of sp³-hybridized carbons (Fsp3) is 0.900. The van der Waals surface area contributed by atoms with Gasteiger partial charge in [-0.1, -0.05) is 27.7 Å². The smallest absolute Gasteiger partial charge is 0.201 e. The predicted octanol–water partition coefficient (Wildman–Crippen LogP) is 1.42. The third kappa shape index (κ3) is 2.44. The van der Waals surface area contributed by atoms with Crippen LogP contribution < -0.4 is 5.73 Å². The number of hydrogen-bond acceptors (Lipinski definition) is 3. The fourth-order valence-corrected chi connectivity index (χ4v) is 1.22. The van der Waals surface area contributed by atoms with Gasteiger partial charge in [0.05, 0.1) is 12.1 Å². The average molecular weight is 184 g/mol. The average Bonchev–Trinajstić information content (AvgIpc) is 2.50. The minimum Gasteiger partial charge on any atom is -0.478 e. The summed E-state index contributed by atoms with van der Waals surface area (Å²) in [5, 5.41) is 0. The molecule has 0 spiro atoms. The molecule has 3 heteroatoms. The second-order valence-corrected chi connectivity index (χ2v) is 4.36. The molecule has 0 amide bonds. The van der Waals surface area contributed by atoms with Gasteiger partial charge in [-0.05, 0) is 11.8 Å². The maximum absolute atomic E-state index is 5.93. The Bertz CT molecular complexity index is 199. The van der Waals surface area contributed by atoms with Crippen molar-refractivity contribution in [3.8, 4) is 0 Å². The third-order valence-corrected chi connectivity index (χ3v) is 2.47. The van der Waals surface area contributed by atoms with E-state index in [1.807, 2.05) is 0 Å². The van der Waals surface area contributed by atoms with E-state index in [2.05, 4.69) is 32.7 Å². The molecule has 1 rings (SSSR count). The summed E-state index contributed by atoms with van der Waals surface area (Å²) in [6.07, 6.45) is 0. The molecule has 1 aliphatic heterocycles. The third-order valence-electron chi connectivity index (χ3n) is 2.47. The van der Waals surface area contributed by atoms with Gasteiger partial charge < -0.3 is 10.5 Å². The molecule has 13 heavy (non-hydrogen) atoms. The second kappa shape index (κ2) is 4.09. The van der Waals surface area contributed by atoms with E-state index in [-0.39, 0.29) is 6.04 Å². The van der Waals surface area contributed by atoms with Crippen LogP contribution in [0.2, 0.25) is 0 Å². The van der Waals surface area contributed by atoms with Gasteiger partial charge in [0.15, 0.2) is 0 Å². The highest BCUT2D eigenvalue weighted by molar-refractivity contribution is 5.83. The van der Waals surface area contributed by atoms with Crippen LogP contribution in [-0.4, -0.2) is 24.6 Å². The quantitative estimate of drug-likeness (QED) is 0.721. The molecule has 0 aromatic carbocycles. The minimum absolute atomic E-state index is 0.0382. The Hall–Kier alpha value is -0.570. The van der Waals surface area contributed by atoms with Crippen LogP contribution in [0.15, 0.2) is 4.99 Å². The van der Waals surface area contributed by atoms with Crippen LogP contribution in [0, 0.1) is 11.8 Å². The van der Waals surface area contributed by atoms with E-state index in [4.69, 9.17) is 10.5 Å². The SMILES string of the molecule is CC(C)[C@H](N)C1=N[C@@H](C(C)C)CO1. The monoisotopic (exact) mass is 184 g/mol. The minimum atomic E-state index is -0.0382. The Morgan fingerprint density at radius 3 is 2.38 bits per heavy atom. The maximum Gasteiger partial charge on any atom is 0.201 e. The van der Waals surface area contributed by atoms with Crippen molar-refractivity contribution in [1.29, 1.82) is 0 Å². The molecule has 0 saturated heterocycles. The van der Waals surface area contributed by atoms with E-state index in [1.165, 1.54) is 0 Å². The van der Waals surface area contributed by atoms with Gasteiger partial charge in [-0.2, -0.15) is 0 Å². The Balaban J connectivity index is 2.58. The van der Waals surface area contributed by atoms with Gasteiger partial charge in [0.1, 0.15) is 6.61 Å². The van der Waals surface area contributed by atoms with Crippen LogP contribution >= 0.6 is 0 Å². The van der Waals surface area contributed by atoms with Gasteiger partial charge in [0.2, 0.25) is 5.90 Å². The van der Waals surface area contributed by atoms with Gasteiger partial charge in [-0.3, -0.25) is 0 Å². The van der Waals surface area contributed by atoms with Crippen molar-refractivity contribution in [1.82, 2.24) is 0 Å². The molecule has 3 nitrogen and oxygen atoms in total. The number of ether oxygens (including phenoxy) is 1. The second-order valence-electron chi connectivity index (χ2n) is 4.36. The number of aliphatic imine (C=N–C) groups is 1. The molecular formula is C10H20N2O. The summed E-state index contributed by atoms with van der Waals surface area (Å²) in [6.45, 7) is 9.18. The van der Waals surface area contributed by atoms with E-state index in [0.29, 0.717) is 24.5 Å². The Morgan fingerprint density at radius 1 is 1.38 bits per heavy atom. The molecular weight excluding hydrogens is 164 g/mol. The molecule has 0 saturated carbocycles. The molecule has 0 fully saturated rings. The normalized spacial score (nSPS) is 24.8. The summed E-state index contributed by atoms with van der Waals surface area (Å²) < 4.78 is 5.47. The van der Waals surface area contributed by atoms with Crippen molar-refractivity contribution in [2.75, 3.05) is 6.61 Å². The zero-order chi connectivity index (χ0) is 10.0. The van der Waals surface area contributed by atoms with E-state index >= 15 is 0 Å². The number of hydrogen-bond donors (Lipinski definition) is 1. The molecule has 2 atom stereocenters. The van der Waals surface area contributed by atoms with Crippen molar-refractivity contribution in [3.05, 3.63) is 0 Å². The van der Waals surface area contributed by atoms with Gasteiger partial charge >= 0.3 is 0 Å². The molecule has 0 aliphatic carbocycles. The first-order chi connectivity index (χ1) is 6.02. The van der Waals surface area contributed by atoms with Crippen molar-refractivity contribution >= 4 is 5.90 Å². The van der Waals surface area contributed by atoms with E-state index in [1.54, 1.807) is 0 Å². The van der Waals surface area contributed by atoms with Crippen LogP contribution in [0.4, 0.5) is 0 Å². The van der Waals surface area contributed by atoms with Crippen LogP contribution in [0.25, 0.3) is 0 Å². The van der Waals surface area contributed by atoms with Crippen molar-refractivity contribution < 1.29 is 4.74 Å². The summed E-state index contributed by atoms with van der Waals surface area (Å²) >= 11 is 0. The van der Waals surface area contributed by atoms with E-state index in [9.17, 15) is 0 Å². The molecule has 2 N–H and O–H groups in total. The molecule has 0 radical (unpaired) electrons. The molecule has 1 heterocycles. The molecule has 0 aromatic rings. The van der Waals surface area contributed by atoms with Gasteiger partial charge in [0.25, 0.3) is 0 Å². The van der Waals surface area contributed by atoms with Gasteiger partial charge in [0, 0.05) is 0 Å². The molecule has 0 unspecified atom stereocenters. The summed E-state index contributed by atoms with van der Waals surface area (Å²) in [5.41, 5.74) is 5.93. The van der Waals surface area contributed by atoms with Crippen LogP contribution in [-0.2, 0) is 4.74 Å². The highest BCUT2D eigenvalue weighted by Crippen LogP contribution is 2.16. The lowest BCUT2D eigenvalue weighted by atomic mass is 10.1. The zero-order valence-corrected chi connectivity index (χ0v) is 8.95. The number of nitrogens with zero attached hydrogens (tertiary/aromatic N) is 1. The topological polar surface area (TPSA) is 47.6 Å². The number of rotatable bonds is 3. The lowest BCUT2D eigenvalue weighted by Crippen LogP contribution is -2.35. The van der Waals surface area contributed by atoms with Crippen LogP contribution in [0.5, 0.6) is 0 Å². The highest BCUT2D eigenvalue weighted by atomic mass is 16.5. The first-order valence-corrected chi connectivity index (χ1v) is 4.98. The van der Waals surface area contributed by atoms with Crippen LogP contribution in [0.1, 0.15) is 27.7 Å². The van der Waals surface area contributed by atoms with Gasteiger partial charge in [-0.25, -0.2) is 4.99 Å². The largest absolute Gasteiger partial charge is 0.478 e. The lowest BCUT2D eigenvalue weighted by Gasteiger charge is -2.14. The molecule has 0 aromatic heterocycles. The predicted molar refractivity (Wildman–Crippen MR) is 54.8 cm³/mol. The fourth-order valence-electron chi connectivity index (χ4n) is 1.22. The summed E-state index contributed by atoms with van der Waals surface area (Å²) in [5.74, 6) is 1.68. The Labute approximate surface area is 80.4 Å². The number of nitrogens with two attached hydrogens (primary N) is 1. The maximum atomic E-state index is 5.93. The first kappa shape index (κ1) is 10.5. The van der Waals surface area contributed by atoms with Crippen molar-refractivity contribution in [3.63, 3.8) is 0 Å². The van der Waals surface area contributed by atoms with Crippen LogP contribution in [0.3, 0.4) is 0 Å². The lowest BCUT2D eigenvalue weighted by molar-refractivity contribution is 0.278. The standard InChI is InChI=1S/C10H20N2O/c1-6(2)8-5-13-10(12-8)9(11)7(3)4/h6-9H,5,11H2,1-4H3/t8-,9+/m1/s1. The summed E-state index contributed by atoms with van der Waals surface area (Å²) in [4.78, 5) is 4.48. The Morgan fingerprint density at radius 2 is 2.00 bits per heavy atom. The van der Waals surface area contributed by atoms with E-state index in [0.717, 1.165) is 5.90 Å². The van der Waals surface area contributed by atoms with E-state index < -0.39 is 0 Å². The highest BCUT2D eigenvalue weighted by Gasteiger charge is 2.26. The molecule has 76 valence electrons. The first-order valence-electron chi connectivity index (χ1n) is 4.98. The molecule has 0 bridgehead atoms. The van der Waals surface area contributed by atoms with Gasteiger partial charge in [-0.15, -0.1) is 0 Å².